The summed E-state index contributed by atoms with van der Waals surface area (Å²) >= 11 is 0. The number of carbonyl (C=O) groups is 2. The van der Waals surface area contributed by atoms with Crippen molar-refractivity contribution < 1.29 is 19.4 Å². The summed E-state index contributed by atoms with van der Waals surface area (Å²) in [6.07, 6.45) is 27.7. The number of nitrogens with zero attached hydrogens (tertiary/aromatic N) is 1. The van der Waals surface area contributed by atoms with Crippen LogP contribution >= 0.6 is 0 Å². The average Bonchev–Trinajstić information content (AvgIpc) is 2.93. The first-order valence-corrected chi connectivity index (χ1v) is 17.4. The molecule has 0 aromatic heterocycles. The lowest BCUT2D eigenvalue weighted by atomic mass is 10.0. The van der Waals surface area contributed by atoms with Crippen molar-refractivity contribution in [2.45, 2.75) is 180 Å². The van der Waals surface area contributed by atoms with Gasteiger partial charge in [-0.25, -0.2) is 0 Å². The summed E-state index contributed by atoms with van der Waals surface area (Å²) in [7, 11) is 0. The normalized spacial score (nSPS) is 11.5. The molecule has 0 bridgehead atoms. The quantitative estimate of drug-likeness (QED) is 0.0621. The molecule has 0 rings (SSSR count). The molecule has 238 valence electrons. The number of carboxylic acid groups (broad SMARTS) is 1. The maximum Gasteiger partial charge on any atom is 0.306 e. The fraction of sp³-hybridized carbons (Fsp3) is 0.941. The molecule has 0 saturated heterocycles. The van der Waals surface area contributed by atoms with Crippen molar-refractivity contribution in [2.75, 3.05) is 26.2 Å². The van der Waals surface area contributed by atoms with Crippen LogP contribution in [0, 0.1) is 0 Å². The van der Waals surface area contributed by atoms with Crippen LogP contribution in [0.3, 0.4) is 0 Å². The molecule has 0 spiro atoms. The molecule has 0 aliphatic heterocycles. The van der Waals surface area contributed by atoms with E-state index in [9.17, 15) is 9.59 Å². The third-order valence-corrected chi connectivity index (χ3v) is 7.96. The Morgan fingerprint density at radius 3 is 1.52 bits per heavy atom. The van der Waals surface area contributed by atoms with Crippen molar-refractivity contribution in [1.82, 2.24) is 4.90 Å². The highest BCUT2D eigenvalue weighted by Gasteiger charge is 2.14. The van der Waals surface area contributed by atoms with E-state index < -0.39 is 5.97 Å². The van der Waals surface area contributed by atoms with E-state index in [-0.39, 0.29) is 12.1 Å². The first-order chi connectivity index (χ1) is 19.5. The second-order valence-electron chi connectivity index (χ2n) is 11.9. The number of nitrogens with two attached hydrogens (primary N) is 1. The van der Waals surface area contributed by atoms with Crippen molar-refractivity contribution in [3.63, 3.8) is 0 Å². The number of aliphatic carboxylic acids is 1. The summed E-state index contributed by atoms with van der Waals surface area (Å²) in [6.45, 7) is 8.54. The highest BCUT2D eigenvalue weighted by atomic mass is 16.5. The van der Waals surface area contributed by atoms with E-state index in [0.717, 1.165) is 77.5 Å². The zero-order valence-corrected chi connectivity index (χ0v) is 26.8. The van der Waals surface area contributed by atoms with Crippen LogP contribution in [-0.4, -0.2) is 54.2 Å². The second-order valence-corrected chi connectivity index (χ2v) is 11.9. The van der Waals surface area contributed by atoms with Crippen LogP contribution in [0.25, 0.3) is 0 Å². The molecule has 40 heavy (non-hydrogen) atoms. The minimum Gasteiger partial charge on any atom is -0.481 e. The number of carboxylic acids is 1. The molecule has 3 N–H and O–H groups in total. The van der Waals surface area contributed by atoms with E-state index in [1.165, 1.54) is 96.3 Å². The van der Waals surface area contributed by atoms with Gasteiger partial charge in [-0.3, -0.25) is 9.59 Å². The van der Waals surface area contributed by atoms with Gasteiger partial charge in [0.2, 0.25) is 0 Å². The van der Waals surface area contributed by atoms with Gasteiger partial charge < -0.3 is 20.5 Å². The first-order valence-electron chi connectivity index (χ1n) is 17.4. The van der Waals surface area contributed by atoms with Gasteiger partial charge in [0, 0.05) is 12.8 Å². The van der Waals surface area contributed by atoms with Gasteiger partial charge in [-0.2, -0.15) is 0 Å². The number of unbranched alkanes of at least 4 members (excludes halogenated alkanes) is 16. The molecule has 0 radical (unpaired) electrons. The minimum atomic E-state index is -0.687. The Bertz CT molecular complexity index is 544. The molecule has 0 fully saturated rings. The number of carbonyl (C=O) groups excluding carboxylic acids is 1. The predicted octanol–water partition coefficient (Wildman–Crippen LogP) is 9.04. The molecule has 0 unspecified atom stereocenters. The molecular weight excluding hydrogens is 500 g/mol. The third-order valence-electron chi connectivity index (χ3n) is 7.96. The smallest absolute Gasteiger partial charge is 0.306 e. The van der Waals surface area contributed by atoms with Crippen LogP contribution in [0.1, 0.15) is 174 Å². The van der Waals surface area contributed by atoms with Crippen molar-refractivity contribution in [1.29, 1.82) is 0 Å². The van der Waals surface area contributed by atoms with Crippen molar-refractivity contribution in [3.8, 4) is 0 Å². The molecule has 0 aliphatic carbocycles. The van der Waals surface area contributed by atoms with E-state index in [2.05, 4.69) is 18.7 Å². The molecule has 0 saturated carbocycles. The Kier molecular flexibility index (Phi) is 29.9. The zero-order chi connectivity index (χ0) is 29.5. The average molecular weight is 569 g/mol. The Labute approximate surface area is 248 Å². The molecule has 0 heterocycles. The van der Waals surface area contributed by atoms with E-state index in [1.54, 1.807) is 0 Å². The lowest BCUT2D eigenvalue weighted by Gasteiger charge is -2.22. The lowest BCUT2D eigenvalue weighted by molar-refractivity contribution is -0.150. The largest absolute Gasteiger partial charge is 0.481 e. The summed E-state index contributed by atoms with van der Waals surface area (Å²) in [5.74, 6) is -0.670. The van der Waals surface area contributed by atoms with E-state index in [0.29, 0.717) is 12.8 Å². The van der Waals surface area contributed by atoms with Gasteiger partial charge in [0.25, 0.3) is 0 Å². The van der Waals surface area contributed by atoms with Crippen LogP contribution in [-0.2, 0) is 14.3 Å². The van der Waals surface area contributed by atoms with Crippen LogP contribution in [0.2, 0.25) is 0 Å². The summed E-state index contributed by atoms with van der Waals surface area (Å²) < 4.78 is 5.96. The SMILES string of the molecule is CCCCCCCC(CCCCCCC)OC(=O)CCCCCCCN(CCCN)CCCCCCCC(=O)O. The van der Waals surface area contributed by atoms with Crippen molar-refractivity contribution in [3.05, 3.63) is 0 Å². The Morgan fingerprint density at radius 2 is 1.02 bits per heavy atom. The Hall–Kier alpha value is -1.14. The highest BCUT2D eigenvalue weighted by Crippen LogP contribution is 2.18. The number of esters is 1. The third kappa shape index (κ3) is 28.4. The summed E-state index contributed by atoms with van der Waals surface area (Å²) in [5, 5.41) is 8.73. The van der Waals surface area contributed by atoms with E-state index >= 15 is 0 Å². The molecule has 0 aromatic rings. The van der Waals surface area contributed by atoms with Crippen molar-refractivity contribution >= 4 is 11.9 Å². The lowest BCUT2D eigenvalue weighted by Crippen LogP contribution is -2.28. The van der Waals surface area contributed by atoms with Gasteiger partial charge in [0.15, 0.2) is 0 Å². The molecule has 6 heteroatoms. The zero-order valence-electron chi connectivity index (χ0n) is 26.8. The number of hydrogen-bond donors (Lipinski definition) is 2. The van der Waals surface area contributed by atoms with Crippen LogP contribution < -0.4 is 5.73 Å². The highest BCUT2D eigenvalue weighted by molar-refractivity contribution is 5.69. The first kappa shape index (κ1) is 38.9. The minimum absolute atomic E-state index is 0.0167. The molecule has 0 atom stereocenters. The number of rotatable bonds is 32. The fourth-order valence-corrected chi connectivity index (χ4v) is 5.39. The maximum atomic E-state index is 12.6. The number of ether oxygens (including phenoxy) is 1. The predicted molar refractivity (Wildman–Crippen MR) is 170 cm³/mol. The van der Waals surface area contributed by atoms with E-state index in [1.807, 2.05) is 0 Å². The summed E-state index contributed by atoms with van der Waals surface area (Å²) in [6, 6.07) is 0. The molecule has 6 nitrogen and oxygen atoms in total. The number of hydrogen-bond acceptors (Lipinski definition) is 5. The van der Waals surface area contributed by atoms with Gasteiger partial charge in [0.05, 0.1) is 0 Å². The van der Waals surface area contributed by atoms with Crippen molar-refractivity contribution in [2.24, 2.45) is 5.73 Å². The van der Waals surface area contributed by atoms with Gasteiger partial charge in [-0.15, -0.1) is 0 Å². The monoisotopic (exact) mass is 569 g/mol. The summed E-state index contributed by atoms with van der Waals surface area (Å²) in [5.41, 5.74) is 5.75. The van der Waals surface area contributed by atoms with Crippen LogP contribution in [0.4, 0.5) is 0 Å². The Morgan fingerprint density at radius 1 is 0.600 bits per heavy atom. The van der Waals surface area contributed by atoms with Gasteiger partial charge >= 0.3 is 11.9 Å². The molecule has 0 amide bonds. The molecular formula is C34H68N2O4. The summed E-state index contributed by atoms with van der Waals surface area (Å²) in [4.78, 5) is 25.7. The Balaban J connectivity index is 4.05. The van der Waals surface area contributed by atoms with Crippen LogP contribution in [0.5, 0.6) is 0 Å². The van der Waals surface area contributed by atoms with Gasteiger partial charge in [-0.05, 0) is 84.0 Å². The second kappa shape index (κ2) is 30.8. The fourth-order valence-electron chi connectivity index (χ4n) is 5.39. The standard InChI is InChI=1S/C34H68N2O4/c1-3-5-7-11-17-24-32(25-18-12-8-6-4-2)40-34(39)27-20-14-10-16-22-30-36(31-23-28-35)29-21-15-9-13-19-26-33(37)38/h32H,3-31,35H2,1-2H3,(H,37,38). The van der Waals surface area contributed by atoms with Gasteiger partial charge in [0.1, 0.15) is 6.10 Å². The van der Waals surface area contributed by atoms with E-state index in [4.69, 9.17) is 15.6 Å². The topological polar surface area (TPSA) is 92.9 Å². The van der Waals surface area contributed by atoms with Crippen LogP contribution in [0.15, 0.2) is 0 Å². The molecule has 0 aliphatic rings. The molecule has 0 aromatic carbocycles. The van der Waals surface area contributed by atoms with Gasteiger partial charge in [-0.1, -0.05) is 104 Å². The maximum absolute atomic E-state index is 12.6.